The zero-order valence-corrected chi connectivity index (χ0v) is 18.5. The summed E-state index contributed by atoms with van der Waals surface area (Å²) in [7, 11) is 0. The molecule has 3 rings (SSSR count). The van der Waals surface area contributed by atoms with Gasteiger partial charge in [0.05, 0.1) is 12.1 Å². The van der Waals surface area contributed by atoms with Gasteiger partial charge in [-0.2, -0.15) is 8.78 Å². The first-order valence-corrected chi connectivity index (χ1v) is 10.6. The number of carbonyl (C=O) groups is 1. The van der Waals surface area contributed by atoms with E-state index in [4.69, 9.17) is 23.2 Å². The predicted molar refractivity (Wildman–Crippen MR) is 117 cm³/mol. The topological polar surface area (TPSA) is 42.0 Å². The Morgan fingerprint density at radius 1 is 1.13 bits per heavy atom. The van der Waals surface area contributed by atoms with Gasteiger partial charge in [0.25, 0.3) is 11.8 Å². The predicted octanol–water partition coefficient (Wildman–Crippen LogP) is 6.68. The van der Waals surface area contributed by atoms with Crippen molar-refractivity contribution in [2.24, 2.45) is 0 Å². The number of aryl methyl sites for hydroxylation is 2. The summed E-state index contributed by atoms with van der Waals surface area (Å²) in [6.07, 6.45) is 1.44. The number of nitrogens with zero attached hydrogens (tertiary/aromatic N) is 1. The number of hydrogen-bond donors (Lipinski definition) is 1. The van der Waals surface area contributed by atoms with Crippen LogP contribution >= 0.6 is 35.0 Å². The van der Waals surface area contributed by atoms with Crippen LogP contribution in [0.1, 0.15) is 27.0 Å². The average molecular weight is 467 g/mol. The Bertz CT molecular complexity index is 1090. The zero-order chi connectivity index (χ0) is 21.9. The van der Waals surface area contributed by atoms with E-state index in [1.54, 1.807) is 37.3 Å². The standard InChI is InChI=1S/C22H18Cl2F2N2OS/c1-13-6-7-18(14(2)8-13)22(25,26)12-28-21(29)17-10-20(24)27-11-19(17)30-16-5-3-4-15(23)9-16/h3-11H,12H2,1-2H3,(H,28,29). The first-order chi connectivity index (χ1) is 14.2. The highest BCUT2D eigenvalue weighted by atomic mass is 35.5. The summed E-state index contributed by atoms with van der Waals surface area (Å²) in [6.45, 7) is 2.63. The second-order valence-electron chi connectivity index (χ2n) is 6.77. The number of rotatable bonds is 6. The molecule has 0 aliphatic carbocycles. The van der Waals surface area contributed by atoms with Crippen LogP contribution in [0.2, 0.25) is 10.2 Å². The van der Waals surface area contributed by atoms with Crippen LogP contribution in [0.3, 0.4) is 0 Å². The van der Waals surface area contributed by atoms with Crippen LogP contribution < -0.4 is 5.32 Å². The van der Waals surface area contributed by atoms with Crippen LogP contribution in [0.15, 0.2) is 64.5 Å². The lowest BCUT2D eigenvalue weighted by Gasteiger charge is -2.20. The van der Waals surface area contributed by atoms with Crippen molar-refractivity contribution in [3.05, 3.63) is 87.2 Å². The first-order valence-electron chi connectivity index (χ1n) is 8.98. The Balaban J connectivity index is 1.80. The fraction of sp³-hybridized carbons (Fsp3) is 0.182. The van der Waals surface area contributed by atoms with Crippen molar-refractivity contribution in [2.75, 3.05) is 6.54 Å². The molecule has 156 valence electrons. The van der Waals surface area contributed by atoms with Gasteiger partial charge in [-0.15, -0.1) is 0 Å². The Labute approximate surface area is 187 Å². The number of nitrogens with one attached hydrogen (secondary N) is 1. The molecule has 0 radical (unpaired) electrons. The van der Waals surface area contributed by atoms with Gasteiger partial charge >= 0.3 is 0 Å². The number of hydrogen-bond acceptors (Lipinski definition) is 3. The summed E-state index contributed by atoms with van der Waals surface area (Å²) >= 11 is 13.2. The second kappa shape index (κ2) is 9.33. The van der Waals surface area contributed by atoms with Crippen molar-refractivity contribution < 1.29 is 13.6 Å². The van der Waals surface area contributed by atoms with E-state index in [-0.39, 0.29) is 16.3 Å². The van der Waals surface area contributed by atoms with E-state index in [1.807, 2.05) is 13.0 Å². The number of aromatic nitrogens is 1. The quantitative estimate of drug-likeness (QED) is 0.412. The van der Waals surface area contributed by atoms with Gasteiger partial charge in [-0.05, 0) is 43.7 Å². The molecule has 0 fully saturated rings. The molecule has 0 saturated heterocycles. The maximum atomic E-state index is 14.7. The van der Waals surface area contributed by atoms with Crippen molar-refractivity contribution in [1.82, 2.24) is 10.3 Å². The number of pyridine rings is 1. The minimum absolute atomic E-state index is 0.0942. The van der Waals surface area contributed by atoms with E-state index in [0.717, 1.165) is 10.5 Å². The summed E-state index contributed by atoms with van der Waals surface area (Å²) in [6, 6.07) is 13.1. The molecule has 1 amide bonds. The molecule has 1 N–H and O–H groups in total. The summed E-state index contributed by atoms with van der Waals surface area (Å²) in [5, 5.41) is 2.97. The molecule has 2 aromatic carbocycles. The number of carbonyl (C=O) groups excluding carboxylic acids is 1. The number of amides is 1. The van der Waals surface area contributed by atoms with E-state index >= 15 is 0 Å². The lowest BCUT2D eigenvalue weighted by Crippen LogP contribution is -2.35. The van der Waals surface area contributed by atoms with Crippen molar-refractivity contribution in [3.63, 3.8) is 0 Å². The van der Waals surface area contributed by atoms with Crippen LogP contribution in [-0.4, -0.2) is 17.4 Å². The molecular formula is C22H18Cl2F2N2OS. The third-order valence-electron chi connectivity index (χ3n) is 4.35. The van der Waals surface area contributed by atoms with Gasteiger partial charge in [0.1, 0.15) is 5.15 Å². The summed E-state index contributed by atoms with van der Waals surface area (Å²) in [5.74, 6) is -3.88. The van der Waals surface area contributed by atoms with E-state index in [0.29, 0.717) is 15.5 Å². The number of halogens is 4. The molecule has 0 bridgehead atoms. The van der Waals surface area contributed by atoms with E-state index < -0.39 is 18.4 Å². The summed E-state index contributed by atoms with van der Waals surface area (Å²) in [4.78, 5) is 18.0. The molecule has 0 aliphatic heterocycles. The smallest absolute Gasteiger partial charge is 0.290 e. The lowest BCUT2D eigenvalue weighted by molar-refractivity contribution is -0.00310. The fourth-order valence-corrected chi connectivity index (χ4v) is 4.31. The van der Waals surface area contributed by atoms with Gasteiger partial charge < -0.3 is 5.32 Å². The van der Waals surface area contributed by atoms with E-state index in [9.17, 15) is 13.6 Å². The highest BCUT2D eigenvalue weighted by Gasteiger charge is 2.34. The van der Waals surface area contributed by atoms with Crippen molar-refractivity contribution in [1.29, 1.82) is 0 Å². The highest BCUT2D eigenvalue weighted by Crippen LogP contribution is 2.33. The monoisotopic (exact) mass is 466 g/mol. The van der Waals surface area contributed by atoms with Gasteiger partial charge in [-0.1, -0.05) is 64.8 Å². The molecule has 1 heterocycles. The Morgan fingerprint density at radius 2 is 1.90 bits per heavy atom. The van der Waals surface area contributed by atoms with Crippen LogP contribution in [0, 0.1) is 13.8 Å². The first kappa shape index (κ1) is 22.5. The van der Waals surface area contributed by atoms with Crippen LogP contribution in [0.25, 0.3) is 0 Å². The van der Waals surface area contributed by atoms with E-state index in [2.05, 4.69) is 10.3 Å². The molecule has 8 heteroatoms. The van der Waals surface area contributed by atoms with Crippen LogP contribution in [0.4, 0.5) is 8.78 Å². The molecule has 0 aliphatic rings. The lowest BCUT2D eigenvalue weighted by atomic mass is 10.00. The molecule has 30 heavy (non-hydrogen) atoms. The molecule has 0 spiro atoms. The van der Waals surface area contributed by atoms with Gasteiger partial charge in [-0.3, -0.25) is 4.79 Å². The van der Waals surface area contributed by atoms with Crippen LogP contribution in [-0.2, 0) is 5.92 Å². The highest BCUT2D eigenvalue weighted by molar-refractivity contribution is 7.99. The summed E-state index contributed by atoms with van der Waals surface area (Å²) < 4.78 is 29.4. The van der Waals surface area contributed by atoms with Gasteiger partial charge in [0.15, 0.2) is 0 Å². The van der Waals surface area contributed by atoms with Gasteiger partial charge in [-0.25, -0.2) is 4.98 Å². The van der Waals surface area contributed by atoms with Crippen LogP contribution in [0.5, 0.6) is 0 Å². The largest absolute Gasteiger partial charge is 0.346 e. The SMILES string of the molecule is Cc1ccc(C(F)(F)CNC(=O)c2cc(Cl)ncc2Sc2cccc(Cl)c2)c(C)c1. The molecule has 0 unspecified atom stereocenters. The Hall–Kier alpha value is -2.15. The molecule has 3 aromatic rings. The maximum Gasteiger partial charge on any atom is 0.290 e. The van der Waals surface area contributed by atoms with Gasteiger partial charge in [0.2, 0.25) is 0 Å². The fourth-order valence-electron chi connectivity index (χ4n) is 2.94. The minimum atomic E-state index is -3.22. The number of alkyl halides is 2. The average Bonchev–Trinajstić information content (AvgIpc) is 2.67. The molecule has 1 aromatic heterocycles. The molecule has 0 saturated carbocycles. The second-order valence-corrected chi connectivity index (χ2v) is 8.71. The number of benzene rings is 2. The van der Waals surface area contributed by atoms with Crippen molar-refractivity contribution in [3.8, 4) is 0 Å². The molecular weight excluding hydrogens is 449 g/mol. The zero-order valence-electron chi connectivity index (χ0n) is 16.2. The van der Waals surface area contributed by atoms with Crippen molar-refractivity contribution in [2.45, 2.75) is 29.6 Å². The summed E-state index contributed by atoms with van der Waals surface area (Å²) in [5.41, 5.74) is 1.41. The van der Waals surface area contributed by atoms with E-state index in [1.165, 1.54) is 30.1 Å². The Morgan fingerprint density at radius 3 is 2.60 bits per heavy atom. The molecule has 0 atom stereocenters. The third kappa shape index (κ3) is 5.50. The molecule has 3 nitrogen and oxygen atoms in total. The minimum Gasteiger partial charge on any atom is -0.346 e. The van der Waals surface area contributed by atoms with Gasteiger partial charge in [0, 0.05) is 26.6 Å². The normalized spacial score (nSPS) is 11.4. The third-order valence-corrected chi connectivity index (χ3v) is 5.83. The maximum absolute atomic E-state index is 14.7. The Kier molecular flexibility index (Phi) is 7.01. The van der Waals surface area contributed by atoms with Crippen molar-refractivity contribution >= 4 is 40.9 Å².